The molecular weight excluding hydrogens is 458 g/mol. The van der Waals surface area contributed by atoms with Crippen molar-refractivity contribution >= 4 is 25.3 Å². The minimum Gasteiger partial charge on any atom is -0.477 e. The van der Waals surface area contributed by atoms with Gasteiger partial charge in [-0.15, -0.1) is 0 Å². The fourth-order valence-electron chi connectivity index (χ4n) is 4.52. The Morgan fingerprint density at radius 2 is 2.09 bits per heavy atom. The molecule has 0 aromatic carbocycles. The molecule has 0 saturated carbocycles. The fourth-order valence-corrected chi connectivity index (χ4v) is 6.56. The highest BCUT2D eigenvalue weighted by Gasteiger charge is 2.23. The highest BCUT2D eigenvalue weighted by Crippen LogP contribution is 2.33. The van der Waals surface area contributed by atoms with Gasteiger partial charge in [0.15, 0.2) is 14.5 Å². The Labute approximate surface area is 209 Å². The Bertz CT molecular complexity index is 1130. The maximum absolute atomic E-state index is 6.22. The summed E-state index contributed by atoms with van der Waals surface area (Å²) in [7, 11) is 0.322. The number of fused-ring (bicyclic) bond motifs is 1. The van der Waals surface area contributed by atoms with Crippen LogP contribution >= 0.6 is 0 Å². The number of unbranched alkanes of at least 4 members (excludes halogenated alkanes) is 1. The van der Waals surface area contributed by atoms with Crippen LogP contribution in [-0.2, 0) is 16.2 Å². The monoisotopic (exact) mass is 497 g/mol. The summed E-state index contributed by atoms with van der Waals surface area (Å²) in [6.45, 7) is 12.9. The summed E-state index contributed by atoms with van der Waals surface area (Å²) in [5.41, 5.74) is 3.45. The van der Waals surface area contributed by atoms with E-state index in [0.717, 1.165) is 66.8 Å². The Morgan fingerprint density at radius 1 is 1.23 bits per heavy atom. The van der Waals surface area contributed by atoms with Gasteiger partial charge < -0.3 is 13.9 Å². The molecule has 4 rings (SSSR count). The number of hydrogen-bond acceptors (Lipinski definition) is 6. The number of hydrogen-bond donors (Lipinski definition) is 0. The summed E-state index contributed by atoms with van der Waals surface area (Å²) in [5.74, 6) is 0.711. The summed E-state index contributed by atoms with van der Waals surface area (Å²) in [6, 6.07) is 3.26. The summed E-state index contributed by atoms with van der Waals surface area (Å²) in [6.07, 6.45) is 11.9. The van der Waals surface area contributed by atoms with Crippen molar-refractivity contribution in [1.82, 2.24) is 24.5 Å². The van der Waals surface area contributed by atoms with Crippen LogP contribution in [-0.4, -0.2) is 52.7 Å². The lowest BCUT2D eigenvalue weighted by Gasteiger charge is -2.23. The second-order valence-electron chi connectivity index (χ2n) is 9.84. The zero-order valence-corrected chi connectivity index (χ0v) is 22.6. The van der Waals surface area contributed by atoms with E-state index in [9.17, 15) is 0 Å². The first-order valence-electron chi connectivity index (χ1n) is 12.8. The van der Waals surface area contributed by atoms with Crippen molar-refractivity contribution in [2.45, 2.75) is 70.8 Å². The van der Waals surface area contributed by atoms with E-state index in [4.69, 9.17) is 24.0 Å². The summed E-state index contributed by atoms with van der Waals surface area (Å²) in [5, 5.41) is 10.2. The van der Waals surface area contributed by atoms with E-state index in [1.165, 1.54) is 18.9 Å². The predicted octanol–water partition coefficient (Wildman–Crippen LogP) is 5.96. The largest absolute Gasteiger partial charge is 0.477 e. The third-order valence-corrected chi connectivity index (χ3v) is 9.10. The average Bonchev–Trinajstić information content (AvgIpc) is 3.42. The number of nitrogens with zero attached hydrogens (tertiary/aromatic N) is 5. The van der Waals surface area contributed by atoms with Crippen LogP contribution in [0.2, 0.25) is 19.1 Å². The quantitative estimate of drug-likeness (QED) is 0.227. The molecule has 190 valence electrons. The lowest BCUT2D eigenvalue weighted by molar-refractivity contribution is -0.0367. The zero-order valence-electron chi connectivity index (χ0n) is 21.6. The van der Waals surface area contributed by atoms with Gasteiger partial charge in [0.2, 0.25) is 5.88 Å². The number of ether oxygens (including phenoxy) is 2. The van der Waals surface area contributed by atoms with E-state index in [1.807, 2.05) is 30.2 Å². The van der Waals surface area contributed by atoms with E-state index < -0.39 is 8.32 Å². The molecule has 35 heavy (non-hydrogen) atoms. The van der Waals surface area contributed by atoms with Gasteiger partial charge in [0.25, 0.3) is 0 Å². The van der Waals surface area contributed by atoms with E-state index in [2.05, 4.69) is 31.7 Å². The molecule has 9 heteroatoms. The van der Waals surface area contributed by atoms with Crippen LogP contribution in [0.5, 0.6) is 5.88 Å². The molecule has 1 unspecified atom stereocenters. The van der Waals surface area contributed by atoms with Gasteiger partial charge >= 0.3 is 0 Å². The fraction of sp³-hybridized carbons (Fsp3) is 0.577. The van der Waals surface area contributed by atoms with Crippen LogP contribution in [0.4, 0.5) is 0 Å². The second-order valence-corrected chi connectivity index (χ2v) is 14.2. The molecule has 1 fully saturated rings. The summed E-state index contributed by atoms with van der Waals surface area (Å²) >= 11 is 0. The maximum Gasteiger partial charge on any atom is 0.221 e. The van der Waals surface area contributed by atoms with E-state index in [1.54, 1.807) is 10.8 Å². The third kappa shape index (κ3) is 6.02. The highest BCUT2D eigenvalue weighted by atomic mass is 28.4. The molecule has 1 atom stereocenters. The molecule has 8 nitrogen and oxygen atoms in total. The van der Waals surface area contributed by atoms with Crippen molar-refractivity contribution in [1.29, 1.82) is 0 Å². The number of aromatic nitrogens is 5. The normalized spacial score (nSPS) is 16.6. The molecule has 3 aromatic heterocycles. The molecule has 4 heterocycles. The van der Waals surface area contributed by atoms with Crippen LogP contribution in [0, 0.1) is 0 Å². The van der Waals surface area contributed by atoms with E-state index in [0.29, 0.717) is 12.5 Å². The zero-order chi connectivity index (χ0) is 24.8. The van der Waals surface area contributed by atoms with E-state index in [-0.39, 0.29) is 6.23 Å². The third-order valence-electron chi connectivity index (χ3n) is 6.56. The maximum atomic E-state index is 6.22. The topological polar surface area (TPSA) is 76.2 Å². The highest BCUT2D eigenvalue weighted by molar-refractivity contribution is 6.71. The van der Waals surface area contributed by atoms with Crippen molar-refractivity contribution in [2.75, 3.05) is 19.8 Å². The van der Waals surface area contributed by atoms with Crippen molar-refractivity contribution in [3.05, 3.63) is 30.7 Å². The van der Waals surface area contributed by atoms with Crippen LogP contribution in [0.1, 0.15) is 57.4 Å². The van der Waals surface area contributed by atoms with Crippen molar-refractivity contribution in [2.24, 2.45) is 7.05 Å². The first-order valence-corrected chi connectivity index (χ1v) is 16.0. The van der Waals surface area contributed by atoms with E-state index >= 15 is 0 Å². The van der Waals surface area contributed by atoms with Crippen molar-refractivity contribution < 1.29 is 13.9 Å². The predicted molar refractivity (Wildman–Crippen MR) is 142 cm³/mol. The second kappa shape index (κ2) is 11.5. The van der Waals surface area contributed by atoms with Gasteiger partial charge in [-0.2, -0.15) is 10.2 Å². The molecule has 1 aliphatic rings. The number of aryl methyl sites for hydroxylation is 1. The minimum atomic E-state index is -1.57. The Morgan fingerprint density at radius 3 is 2.83 bits per heavy atom. The lowest BCUT2D eigenvalue weighted by Crippen LogP contribution is -2.30. The van der Waals surface area contributed by atoms with Gasteiger partial charge in [-0.1, -0.05) is 26.3 Å². The Hall–Kier alpha value is -2.49. The summed E-state index contributed by atoms with van der Waals surface area (Å²) in [4.78, 5) is 4.76. The Balaban J connectivity index is 1.47. The molecular formula is C26H39N5O3Si. The van der Waals surface area contributed by atoms with Gasteiger partial charge in [-0.05, 0) is 50.5 Å². The number of rotatable bonds is 12. The van der Waals surface area contributed by atoms with Gasteiger partial charge in [-0.3, -0.25) is 4.98 Å². The molecule has 1 aliphatic heterocycles. The lowest BCUT2D eigenvalue weighted by atomic mass is 10.1. The van der Waals surface area contributed by atoms with Crippen LogP contribution < -0.4 is 4.74 Å². The molecule has 0 spiro atoms. The van der Waals surface area contributed by atoms with Gasteiger partial charge in [-0.25, -0.2) is 9.36 Å². The number of pyridine rings is 1. The van der Waals surface area contributed by atoms with Gasteiger partial charge in [0.05, 0.1) is 41.5 Å². The molecule has 0 aliphatic carbocycles. The first-order chi connectivity index (χ1) is 16.9. The molecule has 0 bridgehead atoms. The minimum absolute atomic E-state index is 0.0536. The SMILES string of the molecule is C=Cc1nn(C2CCCCO2)c2cnc(-c3cnn(C)c3OCCCO[Si](C)(C)CCCC)cc12. The molecule has 0 amide bonds. The summed E-state index contributed by atoms with van der Waals surface area (Å²) < 4.78 is 22.1. The molecule has 3 aromatic rings. The molecule has 1 saturated heterocycles. The first kappa shape index (κ1) is 25.6. The average molecular weight is 498 g/mol. The van der Waals surface area contributed by atoms with Crippen LogP contribution in [0.3, 0.4) is 0 Å². The smallest absolute Gasteiger partial charge is 0.221 e. The standard InChI is InChI=1S/C26H39N5O3Si/c1-6-8-16-35(4,5)34-15-11-14-33-26-21(18-28-30(26)3)23-17-20-22(7-2)29-31(24(20)19-27-23)25-12-9-10-13-32-25/h7,17-19,25H,2,6,8-16H2,1,3-5H3. The molecule has 0 radical (unpaired) electrons. The van der Waals surface area contributed by atoms with Gasteiger partial charge in [0.1, 0.15) is 0 Å². The van der Waals surface area contributed by atoms with Crippen LogP contribution in [0.15, 0.2) is 25.0 Å². The van der Waals surface area contributed by atoms with Crippen LogP contribution in [0.25, 0.3) is 28.2 Å². The van der Waals surface area contributed by atoms with Gasteiger partial charge in [0, 0.05) is 32.1 Å². The van der Waals surface area contributed by atoms with Crippen molar-refractivity contribution in [3.63, 3.8) is 0 Å². The van der Waals surface area contributed by atoms with Crippen molar-refractivity contribution in [3.8, 4) is 17.1 Å². The Kier molecular flexibility index (Phi) is 8.41. The molecule has 0 N–H and O–H groups in total.